The maximum absolute atomic E-state index is 13.6. The van der Waals surface area contributed by atoms with Crippen LogP contribution in [0, 0.1) is 11.6 Å². The van der Waals surface area contributed by atoms with Gasteiger partial charge in [0, 0.05) is 14.5 Å². The van der Waals surface area contributed by atoms with Gasteiger partial charge >= 0.3 is 0 Å². The Kier molecular flexibility index (Phi) is 4.98. The average Bonchev–Trinajstić information content (AvgIpc) is 2.37. The van der Waals surface area contributed by atoms with E-state index < -0.39 is 17.0 Å². The summed E-state index contributed by atoms with van der Waals surface area (Å²) >= 11 is 13.0. The number of hydrogen-bond acceptors (Lipinski definition) is 0. The van der Waals surface area contributed by atoms with E-state index in [0.29, 0.717) is 0 Å². The van der Waals surface area contributed by atoms with Gasteiger partial charge in [-0.1, -0.05) is 37.9 Å². The highest BCUT2D eigenvalue weighted by Gasteiger charge is 2.17. The topological polar surface area (TPSA) is 0 Å². The van der Waals surface area contributed by atoms with Crippen molar-refractivity contribution in [3.05, 3.63) is 68.1 Å². The number of hydrogen-bond donors (Lipinski definition) is 0. The zero-order valence-electron chi connectivity index (χ0n) is 9.64. The minimum absolute atomic E-state index is 0.00868. The fourth-order valence-corrected chi connectivity index (χ4v) is 3.14. The first-order chi connectivity index (χ1) is 8.99. The Morgan fingerprint density at radius 3 is 2.32 bits per heavy atom. The molecule has 0 radical (unpaired) electrons. The van der Waals surface area contributed by atoms with Gasteiger partial charge in [-0.3, -0.25) is 0 Å². The molecule has 0 aromatic heterocycles. The summed E-state index contributed by atoms with van der Waals surface area (Å²) in [5.74, 6) is -1.14. The summed E-state index contributed by atoms with van der Waals surface area (Å²) in [7, 11) is 0. The summed E-state index contributed by atoms with van der Waals surface area (Å²) in [5, 5.41) is -0.515. The van der Waals surface area contributed by atoms with Crippen LogP contribution < -0.4 is 0 Å². The van der Waals surface area contributed by atoms with Gasteiger partial charge in [-0.25, -0.2) is 8.78 Å². The highest BCUT2D eigenvalue weighted by atomic mass is 79.9. The lowest BCUT2D eigenvalue weighted by Crippen LogP contribution is -2.02. The Labute approximate surface area is 132 Å². The first kappa shape index (κ1) is 14.9. The van der Waals surface area contributed by atoms with Crippen LogP contribution in [0.25, 0.3) is 0 Å². The summed E-state index contributed by atoms with van der Waals surface area (Å²) in [6, 6.07) is 9.34. The van der Waals surface area contributed by atoms with Crippen LogP contribution in [0.1, 0.15) is 16.5 Å². The van der Waals surface area contributed by atoms with E-state index in [2.05, 4.69) is 31.9 Å². The number of benzene rings is 2. The van der Waals surface area contributed by atoms with Crippen molar-refractivity contribution in [2.75, 3.05) is 0 Å². The maximum atomic E-state index is 13.6. The van der Waals surface area contributed by atoms with E-state index in [4.69, 9.17) is 11.6 Å². The maximum Gasteiger partial charge on any atom is 0.129 e. The van der Waals surface area contributed by atoms with E-state index in [1.165, 1.54) is 18.2 Å². The Morgan fingerprint density at radius 1 is 1.05 bits per heavy atom. The smallest absolute Gasteiger partial charge is 0.129 e. The molecule has 0 heterocycles. The molecular formula is C14H9Br2ClF2. The third kappa shape index (κ3) is 3.56. The van der Waals surface area contributed by atoms with Gasteiger partial charge in [-0.2, -0.15) is 0 Å². The van der Waals surface area contributed by atoms with Crippen LogP contribution in [0.15, 0.2) is 45.3 Å². The summed E-state index contributed by atoms with van der Waals surface area (Å²) in [5.41, 5.74) is 0.799. The normalized spacial score (nSPS) is 12.5. The molecule has 0 amide bonds. The minimum Gasteiger partial charge on any atom is -0.207 e. The van der Waals surface area contributed by atoms with Crippen molar-refractivity contribution < 1.29 is 8.78 Å². The quantitative estimate of drug-likeness (QED) is 0.544. The van der Waals surface area contributed by atoms with E-state index in [9.17, 15) is 8.78 Å². The van der Waals surface area contributed by atoms with Crippen LogP contribution in [-0.4, -0.2) is 0 Å². The van der Waals surface area contributed by atoms with Gasteiger partial charge in [0.15, 0.2) is 0 Å². The summed E-state index contributed by atoms with van der Waals surface area (Å²) in [4.78, 5) is 0. The molecule has 0 aliphatic rings. The SMILES string of the molecule is Fc1cccc(F)c1CC(Cl)c1cc(Br)ccc1Br. The second-order valence-electron chi connectivity index (χ2n) is 4.04. The van der Waals surface area contributed by atoms with Crippen LogP contribution in [0.3, 0.4) is 0 Å². The molecule has 0 saturated heterocycles. The standard InChI is InChI=1S/C14H9Br2ClF2/c15-8-4-5-11(16)9(6-8)12(17)7-10-13(18)2-1-3-14(10)19/h1-6,12H,7H2. The van der Waals surface area contributed by atoms with Crippen LogP contribution in [-0.2, 0) is 6.42 Å². The van der Waals surface area contributed by atoms with Gasteiger partial charge in [-0.05, 0) is 42.3 Å². The Balaban J connectivity index is 2.31. The second kappa shape index (κ2) is 6.33. The van der Waals surface area contributed by atoms with E-state index in [0.717, 1.165) is 14.5 Å². The lowest BCUT2D eigenvalue weighted by atomic mass is 10.0. The van der Waals surface area contributed by atoms with Gasteiger partial charge in [0.05, 0.1) is 5.38 Å². The zero-order chi connectivity index (χ0) is 14.0. The summed E-state index contributed by atoms with van der Waals surface area (Å²) < 4.78 is 28.9. The van der Waals surface area contributed by atoms with Crippen molar-refractivity contribution in [3.8, 4) is 0 Å². The number of alkyl halides is 1. The van der Waals surface area contributed by atoms with E-state index in [-0.39, 0.29) is 12.0 Å². The number of rotatable bonds is 3. The van der Waals surface area contributed by atoms with Gasteiger partial charge < -0.3 is 0 Å². The molecule has 1 atom stereocenters. The molecule has 5 heteroatoms. The lowest BCUT2D eigenvalue weighted by molar-refractivity contribution is 0.553. The molecule has 2 aromatic carbocycles. The molecule has 2 rings (SSSR count). The molecule has 2 aromatic rings. The predicted molar refractivity (Wildman–Crippen MR) is 80.5 cm³/mol. The van der Waals surface area contributed by atoms with Crippen molar-refractivity contribution in [1.29, 1.82) is 0 Å². The molecule has 0 fully saturated rings. The fraction of sp³-hybridized carbons (Fsp3) is 0.143. The molecule has 0 bridgehead atoms. The lowest BCUT2D eigenvalue weighted by Gasteiger charge is -2.13. The Bertz CT molecular complexity index is 582. The Hall–Kier alpha value is -0.450. The molecule has 0 aliphatic carbocycles. The van der Waals surface area contributed by atoms with Gasteiger partial charge in [0.25, 0.3) is 0 Å². The number of halogens is 5. The van der Waals surface area contributed by atoms with Crippen LogP contribution in [0.2, 0.25) is 0 Å². The highest BCUT2D eigenvalue weighted by molar-refractivity contribution is 9.11. The molecule has 0 spiro atoms. The Morgan fingerprint density at radius 2 is 1.68 bits per heavy atom. The van der Waals surface area contributed by atoms with Crippen molar-refractivity contribution in [2.24, 2.45) is 0 Å². The van der Waals surface area contributed by atoms with E-state index in [1.807, 2.05) is 18.2 Å². The average molecular weight is 410 g/mol. The first-order valence-corrected chi connectivity index (χ1v) is 7.53. The third-order valence-corrected chi connectivity index (χ3v) is 4.35. The third-order valence-electron chi connectivity index (χ3n) is 2.74. The first-order valence-electron chi connectivity index (χ1n) is 5.51. The van der Waals surface area contributed by atoms with Crippen molar-refractivity contribution >= 4 is 43.5 Å². The van der Waals surface area contributed by atoms with Gasteiger partial charge in [0.2, 0.25) is 0 Å². The molecular weight excluding hydrogens is 401 g/mol. The van der Waals surface area contributed by atoms with Gasteiger partial charge in [-0.15, -0.1) is 11.6 Å². The zero-order valence-corrected chi connectivity index (χ0v) is 13.6. The molecule has 100 valence electrons. The molecule has 19 heavy (non-hydrogen) atoms. The van der Waals surface area contributed by atoms with Crippen molar-refractivity contribution in [3.63, 3.8) is 0 Å². The molecule has 0 N–H and O–H groups in total. The molecule has 1 unspecified atom stereocenters. The molecule has 0 saturated carbocycles. The van der Waals surface area contributed by atoms with Crippen molar-refractivity contribution in [1.82, 2.24) is 0 Å². The monoisotopic (exact) mass is 408 g/mol. The molecule has 0 nitrogen and oxygen atoms in total. The van der Waals surface area contributed by atoms with Crippen molar-refractivity contribution in [2.45, 2.75) is 11.8 Å². The van der Waals surface area contributed by atoms with Crippen LogP contribution in [0.5, 0.6) is 0 Å². The largest absolute Gasteiger partial charge is 0.207 e. The second-order valence-corrected chi connectivity index (χ2v) is 6.33. The van der Waals surface area contributed by atoms with Crippen LogP contribution >= 0.6 is 43.5 Å². The fourth-order valence-electron chi connectivity index (χ4n) is 1.77. The van der Waals surface area contributed by atoms with Gasteiger partial charge in [0.1, 0.15) is 11.6 Å². The summed E-state index contributed by atoms with van der Waals surface area (Å²) in [6.07, 6.45) is 0.0924. The molecule has 0 aliphatic heterocycles. The van der Waals surface area contributed by atoms with E-state index >= 15 is 0 Å². The minimum atomic E-state index is -0.572. The van der Waals surface area contributed by atoms with E-state index in [1.54, 1.807) is 0 Å². The highest BCUT2D eigenvalue weighted by Crippen LogP contribution is 2.34. The summed E-state index contributed by atoms with van der Waals surface area (Å²) in [6.45, 7) is 0. The van der Waals surface area contributed by atoms with Crippen LogP contribution in [0.4, 0.5) is 8.78 Å². The predicted octanol–water partition coefficient (Wildman–Crippen LogP) is 6.01.